The predicted octanol–water partition coefficient (Wildman–Crippen LogP) is 2.64. The fraction of sp³-hybridized carbons (Fsp3) is 0.929. The van der Waals surface area contributed by atoms with Crippen molar-refractivity contribution >= 4 is 18.3 Å². The molecular weight excluding hydrogens is 248 g/mol. The molecule has 0 spiro atoms. The van der Waals surface area contributed by atoms with Crippen LogP contribution in [0.3, 0.4) is 0 Å². The molecule has 1 atom stereocenters. The Bertz CT molecular complexity index is 265. The lowest BCUT2D eigenvalue weighted by molar-refractivity contribution is -0.124. The molecule has 2 N–H and O–H groups in total. The summed E-state index contributed by atoms with van der Waals surface area (Å²) in [5, 5.41) is 6.54. The van der Waals surface area contributed by atoms with Crippen LogP contribution in [-0.4, -0.2) is 24.5 Å². The van der Waals surface area contributed by atoms with Crippen molar-refractivity contribution < 1.29 is 4.79 Å². The number of piperidine rings is 1. The number of hydrogen-bond acceptors (Lipinski definition) is 2. The van der Waals surface area contributed by atoms with Crippen molar-refractivity contribution in [3.05, 3.63) is 0 Å². The fourth-order valence-corrected chi connectivity index (χ4v) is 2.92. The molecule has 0 radical (unpaired) electrons. The van der Waals surface area contributed by atoms with Gasteiger partial charge in [-0.1, -0.05) is 20.3 Å². The van der Waals surface area contributed by atoms with Crippen LogP contribution in [-0.2, 0) is 4.79 Å². The van der Waals surface area contributed by atoms with Crippen molar-refractivity contribution in [2.75, 3.05) is 6.54 Å². The van der Waals surface area contributed by atoms with Crippen LogP contribution in [0.15, 0.2) is 0 Å². The van der Waals surface area contributed by atoms with Gasteiger partial charge in [0.1, 0.15) is 0 Å². The maximum atomic E-state index is 12.1. The van der Waals surface area contributed by atoms with Crippen molar-refractivity contribution in [3.63, 3.8) is 0 Å². The van der Waals surface area contributed by atoms with Gasteiger partial charge in [0, 0.05) is 6.04 Å². The zero-order valence-electron chi connectivity index (χ0n) is 11.6. The Morgan fingerprint density at radius 1 is 1.17 bits per heavy atom. The highest BCUT2D eigenvalue weighted by Gasteiger charge is 2.29. The molecule has 1 saturated carbocycles. The number of amides is 1. The van der Waals surface area contributed by atoms with Crippen LogP contribution < -0.4 is 10.6 Å². The number of carbonyl (C=O) groups is 1. The normalized spacial score (nSPS) is 28.2. The summed E-state index contributed by atoms with van der Waals surface area (Å²) in [5.41, 5.74) is 0.477. The van der Waals surface area contributed by atoms with E-state index in [1.54, 1.807) is 0 Å². The van der Waals surface area contributed by atoms with Gasteiger partial charge in [-0.15, -0.1) is 12.4 Å². The summed E-state index contributed by atoms with van der Waals surface area (Å²) in [5.74, 6) is 0.231. The van der Waals surface area contributed by atoms with Gasteiger partial charge in [-0.05, 0) is 50.5 Å². The Balaban J connectivity index is 0.00000162. The van der Waals surface area contributed by atoms with Crippen molar-refractivity contribution in [1.82, 2.24) is 10.6 Å². The van der Waals surface area contributed by atoms with Gasteiger partial charge in [0.2, 0.25) is 5.91 Å². The second-order valence-corrected chi connectivity index (χ2v) is 6.45. The summed E-state index contributed by atoms with van der Waals surface area (Å²) in [6.07, 6.45) is 8.15. The molecular formula is C14H27ClN2O. The van der Waals surface area contributed by atoms with Crippen LogP contribution in [0.4, 0.5) is 0 Å². The molecule has 106 valence electrons. The third-order valence-electron chi connectivity index (χ3n) is 4.31. The van der Waals surface area contributed by atoms with Crippen molar-refractivity contribution in [2.45, 2.75) is 70.9 Å². The summed E-state index contributed by atoms with van der Waals surface area (Å²) in [6, 6.07) is 0.484. The fourth-order valence-electron chi connectivity index (χ4n) is 2.92. The zero-order valence-corrected chi connectivity index (χ0v) is 12.4. The highest BCUT2D eigenvalue weighted by Crippen LogP contribution is 2.35. The Morgan fingerprint density at radius 2 is 1.83 bits per heavy atom. The molecule has 1 amide bonds. The number of hydrogen-bond donors (Lipinski definition) is 2. The molecule has 2 rings (SSSR count). The Morgan fingerprint density at radius 3 is 2.39 bits per heavy atom. The summed E-state index contributed by atoms with van der Waals surface area (Å²) >= 11 is 0. The summed E-state index contributed by atoms with van der Waals surface area (Å²) in [4.78, 5) is 12.1. The Hall–Kier alpha value is -0.280. The third kappa shape index (κ3) is 4.43. The molecule has 1 unspecified atom stereocenters. The summed E-state index contributed by atoms with van der Waals surface area (Å²) in [7, 11) is 0. The molecule has 0 bridgehead atoms. The highest BCUT2D eigenvalue weighted by molar-refractivity contribution is 5.85. The lowest BCUT2D eigenvalue weighted by Gasteiger charge is -2.35. The first-order valence-electron chi connectivity index (χ1n) is 7.11. The van der Waals surface area contributed by atoms with E-state index in [0.717, 1.165) is 25.8 Å². The van der Waals surface area contributed by atoms with Crippen molar-refractivity contribution in [1.29, 1.82) is 0 Å². The molecule has 1 heterocycles. The largest absolute Gasteiger partial charge is 0.352 e. The third-order valence-corrected chi connectivity index (χ3v) is 4.31. The van der Waals surface area contributed by atoms with Crippen molar-refractivity contribution in [2.24, 2.45) is 5.41 Å². The lowest BCUT2D eigenvalue weighted by Crippen LogP contribution is -2.50. The van der Waals surface area contributed by atoms with E-state index in [4.69, 9.17) is 0 Å². The second-order valence-electron chi connectivity index (χ2n) is 6.45. The molecule has 18 heavy (non-hydrogen) atoms. The van der Waals surface area contributed by atoms with Gasteiger partial charge in [0.05, 0.1) is 6.04 Å². The molecule has 2 fully saturated rings. The first-order valence-corrected chi connectivity index (χ1v) is 7.11. The number of nitrogens with one attached hydrogen (secondary N) is 2. The number of halogens is 1. The summed E-state index contributed by atoms with van der Waals surface area (Å²) < 4.78 is 0. The Kier molecular flexibility index (Phi) is 5.93. The van der Waals surface area contributed by atoms with E-state index < -0.39 is 0 Å². The van der Waals surface area contributed by atoms with Gasteiger partial charge in [-0.3, -0.25) is 4.79 Å². The second kappa shape index (κ2) is 6.76. The van der Waals surface area contributed by atoms with Crippen LogP contribution in [0.1, 0.15) is 58.8 Å². The first kappa shape index (κ1) is 15.8. The van der Waals surface area contributed by atoms with E-state index in [1.807, 2.05) is 0 Å². The van der Waals surface area contributed by atoms with E-state index in [-0.39, 0.29) is 24.4 Å². The molecule has 4 heteroatoms. The quantitative estimate of drug-likeness (QED) is 0.813. The minimum atomic E-state index is 0. The molecule has 1 aliphatic heterocycles. The first-order chi connectivity index (χ1) is 8.07. The smallest absolute Gasteiger partial charge is 0.237 e. The van der Waals surface area contributed by atoms with Gasteiger partial charge < -0.3 is 10.6 Å². The van der Waals surface area contributed by atoms with E-state index in [9.17, 15) is 4.79 Å². The molecule has 0 aromatic heterocycles. The number of rotatable bonds is 2. The SMILES string of the molecule is CC1(C)CCC(NC(=O)C2CCCCN2)CC1.Cl. The maximum Gasteiger partial charge on any atom is 0.237 e. The standard InChI is InChI=1S/C14H26N2O.ClH/c1-14(2)8-6-11(7-9-14)16-13(17)12-5-3-4-10-15-12;/h11-12,15H,3-10H2,1-2H3,(H,16,17);1H. The molecule has 1 aliphatic carbocycles. The van der Waals surface area contributed by atoms with E-state index >= 15 is 0 Å². The van der Waals surface area contributed by atoms with E-state index in [1.165, 1.54) is 25.7 Å². The average molecular weight is 275 g/mol. The summed E-state index contributed by atoms with van der Waals surface area (Å²) in [6.45, 7) is 5.65. The zero-order chi connectivity index (χ0) is 12.3. The minimum absolute atomic E-state index is 0. The van der Waals surface area contributed by atoms with Gasteiger partial charge in [-0.25, -0.2) is 0 Å². The minimum Gasteiger partial charge on any atom is -0.352 e. The molecule has 0 aromatic rings. The van der Waals surface area contributed by atoms with Crippen LogP contribution in [0.2, 0.25) is 0 Å². The van der Waals surface area contributed by atoms with Crippen LogP contribution in [0.5, 0.6) is 0 Å². The maximum absolute atomic E-state index is 12.1. The van der Waals surface area contributed by atoms with Gasteiger partial charge in [0.25, 0.3) is 0 Å². The van der Waals surface area contributed by atoms with Crippen LogP contribution >= 0.6 is 12.4 Å². The number of carbonyl (C=O) groups excluding carboxylic acids is 1. The van der Waals surface area contributed by atoms with E-state index in [2.05, 4.69) is 24.5 Å². The highest BCUT2D eigenvalue weighted by atomic mass is 35.5. The van der Waals surface area contributed by atoms with Crippen LogP contribution in [0.25, 0.3) is 0 Å². The van der Waals surface area contributed by atoms with Gasteiger partial charge in [0.15, 0.2) is 0 Å². The van der Waals surface area contributed by atoms with Crippen LogP contribution in [0, 0.1) is 5.41 Å². The molecule has 1 saturated heterocycles. The lowest BCUT2D eigenvalue weighted by atomic mass is 9.75. The van der Waals surface area contributed by atoms with Crippen molar-refractivity contribution in [3.8, 4) is 0 Å². The molecule has 0 aromatic carbocycles. The average Bonchev–Trinajstić information content (AvgIpc) is 2.33. The molecule has 3 nitrogen and oxygen atoms in total. The monoisotopic (exact) mass is 274 g/mol. The topological polar surface area (TPSA) is 41.1 Å². The Labute approximate surface area is 117 Å². The molecule has 2 aliphatic rings. The van der Waals surface area contributed by atoms with Gasteiger partial charge >= 0.3 is 0 Å². The van der Waals surface area contributed by atoms with Gasteiger partial charge in [-0.2, -0.15) is 0 Å². The van der Waals surface area contributed by atoms with E-state index in [0.29, 0.717) is 11.5 Å². The predicted molar refractivity (Wildman–Crippen MR) is 77.1 cm³/mol.